The van der Waals surface area contributed by atoms with Crippen molar-refractivity contribution in [3.8, 4) is 0 Å². The number of anilines is 2. The highest BCUT2D eigenvalue weighted by Gasteiger charge is 2.11. The van der Waals surface area contributed by atoms with Gasteiger partial charge in [0.2, 0.25) is 0 Å². The highest BCUT2D eigenvalue weighted by molar-refractivity contribution is 5.91. The van der Waals surface area contributed by atoms with E-state index in [-0.39, 0.29) is 0 Å². The molecule has 2 aromatic carbocycles. The molecule has 0 atom stereocenters. The minimum Gasteiger partial charge on any atom is -0.423 e. The lowest BCUT2D eigenvalue weighted by Crippen LogP contribution is -2.26. The van der Waals surface area contributed by atoms with Crippen LogP contribution in [0.25, 0.3) is 11.0 Å². The largest absolute Gasteiger partial charge is 0.423 e. The van der Waals surface area contributed by atoms with Gasteiger partial charge >= 0.3 is 5.63 Å². The Hall–Kier alpha value is -2.59. The number of hydrazine groups is 1. The van der Waals surface area contributed by atoms with Gasteiger partial charge in [-0.2, -0.15) is 0 Å². The maximum absolute atomic E-state index is 11.6. The number of nitrogens with zero attached hydrogens (tertiary/aromatic N) is 1. The van der Waals surface area contributed by atoms with Gasteiger partial charge < -0.3 is 4.42 Å². The molecule has 4 heteroatoms. The summed E-state index contributed by atoms with van der Waals surface area (Å²) in [5.41, 5.74) is 1.53. The van der Waals surface area contributed by atoms with Crippen LogP contribution in [0.3, 0.4) is 0 Å². The van der Waals surface area contributed by atoms with Crippen LogP contribution in [-0.4, -0.2) is 0 Å². The maximum Gasteiger partial charge on any atom is 0.338 e. The molecule has 4 nitrogen and oxygen atoms in total. The first-order valence-electron chi connectivity index (χ1n) is 5.88. The minimum absolute atomic E-state index is 0.417. The molecule has 0 saturated heterocycles. The molecule has 3 aromatic rings. The second kappa shape index (κ2) is 4.59. The molecule has 0 aliphatic carbocycles. The van der Waals surface area contributed by atoms with Gasteiger partial charge in [-0.15, -0.1) is 0 Å². The molecular weight excluding hydrogens is 240 g/mol. The molecule has 2 N–H and O–H groups in total. The third-order valence-corrected chi connectivity index (χ3v) is 2.92. The van der Waals surface area contributed by atoms with Gasteiger partial charge in [0.15, 0.2) is 0 Å². The standard InChI is InChI=1S/C15H12N2O2/c16-17(11-6-2-1-3-7-11)13-10-15(18)19-14-9-5-4-8-12(13)14/h1-10H,16H2. The highest BCUT2D eigenvalue weighted by atomic mass is 16.4. The van der Waals surface area contributed by atoms with E-state index in [1.807, 2.05) is 48.5 Å². The molecule has 94 valence electrons. The minimum atomic E-state index is -0.417. The predicted molar refractivity (Wildman–Crippen MR) is 75.3 cm³/mol. The van der Waals surface area contributed by atoms with Crippen LogP contribution in [0.4, 0.5) is 11.4 Å². The topological polar surface area (TPSA) is 59.5 Å². The van der Waals surface area contributed by atoms with Gasteiger partial charge in [0.05, 0.1) is 11.4 Å². The molecule has 0 unspecified atom stereocenters. The molecular formula is C15H12N2O2. The molecule has 1 heterocycles. The summed E-state index contributed by atoms with van der Waals surface area (Å²) in [4.78, 5) is 11.6. The van der Waals surface area contributed by atoms with Crippen LogP contribution in [0.5, 0.6) is 0 Å². The second-order valence-corrected chi connectivity index (χ2v) is 4.15. The fourth-order valence-corrected chi connectivity index (χ4v) is 2.02. The molecule has 0 aliphatic heterocycles. The molecule has 0 saturated carbocycles. The van der Waals surface area contributed by atoms with E-state index < -0.39 is 5.63 Å². The molecule has 0 aliphatic rings. The first-order valence-corrected chi connectivity index (χ1v) is 5.88. The van der Waals surface area contributed by atoms with Crippen molar-refractivity contribution in [2.75, 3.05) is 5.01 Å². The Morgan fingerprint density at radius 3 is 2.42 bits per heavy atom. The molecule has 19 heavy (non-hydrogen) atoms. The van der Waals surface area contributed by atoms with Crippen molar-refractivity contribution in [3.05, 3.63) is 71.1 Å². The molecule has 0 fully saturated rings. The Morgan fingerprint density at radius 1 is 0.947 bits per heavy atom. The van der Waals surface area contributed by atoms with Crippen molar-refractivity contribution in [1.82, 2.24) is 0 Å². The lowest BCUT2D eigenvalue weighted by atomic mass is 10.2. The molecule has 0 amide bonds. The van der Waals surface area contributed by atoms with Gasteiger partial charge in [0, 0.05) is 11.5 Å². The SMILES string of the molecule is NN(c1ccccc1)c1cc(=O)oc2ccccc12. The van der Waals surface area contributed by atoms with Crippen molar-refractivity contribution in [3.63, 3.8) is 0 Å². The molecule has 0 spiro atoms. The number of nitrogens with two attached hydrogens (primary N) is 1. The fraction of sp³-hybridized carbons (Fsp3) is 0. The summed E-state index contributed by atoms with van der Waals surface area (Å²) >= 11 is 0. The van der Waals surface area contributed by atoms with Crippen molar-refractivity contribution in [2.45, 2.75) is 0 Å². The van der Waals surface area contributed by atoms with Gasteiger partial charge in [0.1, 0.15) is 5.58 Å². The van der Waals surface area contributed by atoms with Crippen molar-refractivity contribution >= 4 is 22.3 Å². The van der Waals surface area contributed by atoms with Gasteiger partial charge in [-0.25, -0.2) is 10.6 Å². The average Bonchev–Trinajstić information content (AvgIpc) is 2.46. The van der Waals surface area contributed by atoms with Gasteiger partial charge in [-0.05, 0) is 24.3 Å². The predicted octanol–water partition coefficient (Wildman–Crippen LogP) is 2.80. The number of rotatable bonds is 2. The first-order chi connectivity index (χ1) is 9.25. The monoisotopic (exact) mass is 252 g/mol. The fourth-order valence-electron chi connectivity index (χ4n) is 2.02. The number of fused-ring (bicyclic) bond motifs is 1. The smallest absolute Gasteiger partial charge is 0.338 e. The van der Waals surface area contributed by atoms with Crippen LogP contribution in [0, 0.1) is 0 Å². The van der Waals surface area contributed by atoms with Crippen molar-refractivity contribution < 1.29 is 4.42 Å². The first kappa shape index (κ1) is 11.5. The van der Waals surface area contributed by atoms with E-state index in [0.717, 1.165) is 11.1 Å². The Bertz CT molecular complexity index is 766. The third-order valence-electron chi connectivity index (χ3n) is 2.92. The van der Waals surface area contributed by atoms with Gasteiger partial charge in [-0.3, -0.25) is 5.01 Å². The summed E-state index contributed by atoms with van der Waals surface area (Å²) < 4.78 is 5.15. The summed E-state index contributed by atoms with van der Waals surface area (Å²) in [7, 11) is 0. The van der Waals surface area contributed by atoms with E-state index in [9.17, 15) is 4.79 Å². The van der Waals surface area contributed by atoms with Crippen LogP contribution in [0.15, 0.2) is 69.9 Å². The van der Waals surface area contributed by atoms with Gasteiger partial charge in [0.25, 0.3) is 0 Å². The Morgan fingerprint density at radius 2 is 1.63 bits per heavy atom. The number of hydrogen-bond acceptors (Lipinski definition) is 4. The molecule has 3 rings (SSSR count). The zero-order valence-corrected chi connectivity index (χ0v) is 10.1. The van der Waals surface area contributed by atoms with E-state index in [1.54, 1.807) is 6.07 Å². The van der Waals surface area contributed by atoms with Crippen molar-refractivity contribution in [2.24, 2.45) is 5.84 Å². The number of para-hydroxylation sites is 2. The summed E-state index contributed by atoms with van der Waals surface area (Å²) in [5, 5.41) is 2.28. The summed E-state index contributed by atoms with van der Waals surface area (Å²) in [6.45, 7) is 0. The molecule has 1 aromatic heterocycles. The number of benzene rings is 2. The van der Waals surface area contributed by atoms with Crippen LogP contribution >= 0.6 is 0 Å². The van der Waals surface area contributed by atoms with Crippen LogP contribution in [-0.2, 0) is 0 Å². The van der Waals surface area contributed by atoms with Crippen LogP contribution < -0.4 is 16.5 Å². The Labute approximate surface area is 109 Å². The summed E-state index contributed by atoms with van der Waals surface area (Å²) in [6, 6.07) is 18.2. The highest BCUT2D eigenvalue weighted by Crippen LogP contribution is 2.27. The average molecular weight is 252 g/mol. The molecule has 0 bridgehead atoms. The number of hydrogen-bond donors (Lipinski definition) is 1. The van der Waals surface area contributed by atoms with E-state index in [1.165, 1.54) is 11.1 Å². The van der Waals surface area contributed by atoms with Crippen molar-refractivity contribution in [1.29, 1.82) is 0 Å². The Balaban J connectivity index is 2.22. The lowest BCUT2D eigenvalue weighted by Gasteiger charge is -2.19. The molecule has 0 radical (unpaired) electrons. The normalized spacial score (nSPS) is 10.6. The van der Waals surface area contributed by atoms with E-state index in [0.29, 0.717) is 11.3 Å². The second-order valence-electron chi connectivity index (χ2n) is 4.15. The summed E-state index contributed by atoms with van der Waals surface area (Å²) in [6.07, 6.45) is 0. The van der Waals surface area contributed by atoms with Crippen LogP contribution in [0.2, 0.25) is 0 Å². The quantitative estimate of drug-likeness (QED) is 0.433. The van der Waals surface area contributed by atoms with E-state index >= 15 is 0 Å². The Kier molecular flexibility index (Phi) is 2.78. The maximum atomic E-state index is 11.6. The van der Waals surface area contributed by atoms with Gasteiger partial charge in [-0.1, -0.05) is 30.3 Å². The zero-order chi connectivity index (χ0) is 13.2. The zero-order valence-electron chi connectivity index (χ0n) is 10.1. The van der Waals surface area contributed by atoms with E-state index in [4.69, 9.17) is 10.3 Å². The van der Waals surface area contributed by atoms with Crippen LogP contribution in [0.1, 0.15) is 0 Å². The lowest BCUT2D eigenvalue weighted by molar-refractivity contribution is 0.561. The summed E-state index contributed by atoms with van der Waals surface area (Å²) in [5.74, 6) is 6.10. The van der Waals surface area contributed by atoms with E-state index in [2.05, 4.69) is 0 Å². The third kappa shape index (κ3) is 2.09.